The molecule has 0 aromatic carbocycles. The molecule has 0 amide bonds. The van der Waals surface area contributed by atoms with Crippen LogP contribution in [-0.4, -0.2) is 17.9 Å². The van der Waals surface area contributed by atoms with Crippen molar-refractivity contribution in [3.63, 3.8) is 0 Å². The molecule has 0 spiro atoms. The van der Waals surface area contributed by atoms with Crippen LogP contribution in [0.15, 0.2) is 0 Å². The number of hydrogen-bond donors (Lipinski definition) is 1. The zero-order valence-electron chi connectivity index (χ0n) is 6.65. The van der Waals surface area contributed by atoms with Crippen molar-refractivity contribution in [2.24, 2.45) is 0 Å². The summed E-state index contributed by atoms with van der Waals surface area (Å²) in [6.07, 6.45) is 3.91. The maximum Gasteiger partial charge on any atom is 0.0973 e. The summed E-state index contributed by atoms with van der Waals surface area (Å²) in [5, 5.41) is 8.40. The van der Waals surface area contributed by atoms with Crippen LogP contribution in [0.1, 0.15) is 39.0 Å². The van der Waals surface area contributed by atoms with Crippen molar-refractivity contribution in [3.05, 3.63) is 0 Å². The second kappa shape index (κ2) is 7.00. The SMILES string of the molecule is CC(F)CCCCCCO. The number of aliphatic hydroxyl groups excluding tert-OH is 1. The third-order valence-electron chi connectivity index (χ3n) is 1.51. The van der Waals surface area contributed by atoms with Crippen molar-refractivity contribution in [1.29, 1.82) is 0 Å². The minimum atomic E-state index is -0.658. The molecule has 0 bridgehead atoms. The maximum atomic E-state index is 12.2. The van der Waals surface area contributed by atoms with Crippen LogP contribution in [0.5, 0.6) is 0 Å². The second-order valence-corrected chi connectivity index (χ2v) is 2.71. The molecule has 0 fully saturated rings. The quantitative estimate of drug-likeness (QED) is 0.573. The van der Waals surface area contributed by atoms with Gasteiger partial charge in [-0.05, 0) is 19.8 Å². The van der Waals surface area contributed by atoms with Crippen molar-refractivity contribution < 1.29 is 9.50 Å². The fourth-order valence-electron chi connectivity index (χ4n) is 0.891. The van der Waals surface area contributed by atoms with E-state index in [1.54, 1.807) is 6.92 Å². The van der Waals surface area contributed by atoms with Crippen LogP contribution in [0.2, 0.25) is 0 Å². The summed E-state index contributed by atoms with van der Waals surface area (Å²) in [6.45, 7) is 1.86. The van der Waals surface area contributed by atoms with Gasteiger partial charge in [-0.3, -0.25) is 0 Å². The number of hydrogen-bond acceptors (Lipinski definition) is 1. The summed E-state index contributed by atoms with van der Waals surface area (Å²) in [6, 6.07) is 0. The van der Waals surface area contributed by atoms with Crippen LogP contribution in [0.4, 0.5) is 4.39 Å². The number of halogens is 1. The van der Waals surface area contributed by atoms with Crippen LogP contribution in [0, 0.1) is 0 Å². The molecule has 1 unspecified atom stereocenters. The molecule has 0 saturated carbocycles. The summed E-state index contributed by atoms with van der Waals surface area (Å²) in [7, 11) is 0. The Bertz CT molecular complexity index is 64.3. The second-order valence-electron chi connectivity index (χ2n) is 2.71. The number of rotatable bonds is 6. The van der Waals surface area contributed by atoms with Crippen LogP contribution in [0.25, 0.3) is 0 Å². The molecule has 0 aliphatic rings. The van der Waals surface area contributed by atoms with Gasteiger partial charge in [0.2, 0.25) is 0 Å². The molecule has 0 aliphatic heterocycles. The highest BCUT2D eigenvalue weighted by Crippen LogP contribution is 2.06. The Morgan fingerprint density at radius 1 is 1.20 bits per heavy atom. The van der Waals surface area contributed by atoms with Gasteiger partial charge in [0.15, 0.2) is 0 Å². The summed E-state index contributed by atoms with van der Waals surface area (Å²) in [5.74, 6) is 0. The van der Waals surface area contributed by atoms with E-state index in [4.69, 9.17) is 5.11 Å². The van der Waals surface area contributed by atoms with E-state index in [1.807, 2.05) is 0 Å². The molecule has 0 aliphatic carbocycles. The van der Waals surface area contributed by atoms with E-state index in [9.17, 15) is 4.39 Å². The first-order chi connectivity index (χ1) is 4.77. The van der Waals surface area contributed by atoms with Crippen molar-refractivity contribution in [3.8, 4) is 0 Å². The maximum absolute atomic E-state index is 12.2. The highest BCUT2D eigenvalue weighted by Gasteiger charge is 1.96. The van der Waals surface area contributed by atoms with Gasteiger partial charge in [0.25, 0.3) is 0 Å². The van der Waals surface area contributed by atoms with E-state index in [1.165, 1.54) is 0 Å². The molecule has 10 heavy (non-hydrogen) atoms. The van der Waals surface area contributed by atoms with E-state index in [0.29, 0.717) is 6.42 Å². The molecule has 1 nitrogen and oxygen atoms in total. The van der Waals surface area contributed by atoms with Gasteiger partial charge >= 0.3 is 0 Å². The lowest BCUT2D eigenvalue weighted by Crippen LogP contribution is -1.92. The van der Waals surface area contributed by atoms with E-state index >= 15 is 0 Å². The molecule has 62 valence electrons. The first-order valence-corrected chi connectivity index (χ1v) is 4.02. The van der Waals surface area contributed by atoms with Crippen molar-refractivity contribution >= 4 is 0 Å². The minimum Gasteiger partial charge on any atom is -0.396 e. The molecule has 2 heteroatoms. The Kier molecular flexibility index (Phi) is 6.93. The molecule has 0 aromatic rings. The standard InChI is InChI=1S/C8H17FO/c1-8(9)6-4-2-3-5-7-10/h8,10H,2-7H2,1H3. The smallest absolute Gasteiger partial charge is 0.0973 e. The monoisotopic (exact) mass is 148 g/mol. The summed E-state index contributed by atoms with van der Waals surface area (Å²) < 4.78 is 12.2. The Labute approximate surface area is 62.3 Å². The van der Waals surface area contributed by atoms with Gasteiger partial charge in [0.1, 0.15) is 0 Å². The average Bonchev–Trinajstić information content (AvgIpc) is 1.87. The predicted molar refractivity (Wildman–Crippen MR) is 40.7 cm³/mol. The molecule has 0 saturated heterocycles. The van der Waals surface area contributed by atoms with Crippen LogP contribution in [0.3, 0.4) is 0 Å². The molecule has 1 N–H and O–H groups in total. The van der Waals surface area contributed by atoms with E-state index < -0.39 is 6.17 Å². The van der Waals surface area contributed by atoms with Crippen LogP contribution >= 0.6 is 0 Å². The molecular weight excluding hydrogens is 131 g/mol. The van der Waals surface area contributed by atoms with Crippen molar-refractivity contribution in [2.45, 2.75) is 45.2 Å². The normalized spacial score (nSPS) is 13.5. The van der Waals surface area contributed by atoms with E-state index in [0.717, 1.165) is 25.7 Å². The lowest BCUT2D eigenvalue weighted by Gasteiger charge is -2.00. The Balaban J connectivity index is 2.77. The number of aliphatic hydroxyl groups is 1. The van der Waals surface area contributed by atoms with Gasteiger partial charge in [0, 0.05) is 6.61 Å². The predicted octanol–water partition coefficient (Wildman–Crippen LogP) is 2.29. The Hall–Kier alpha value is -0.110. The van der Waals surface area contributed by atoms with Gasteiger partial charge in [-0.2, -0.15) is 0 Å². The summed E-state index contributed by atoms with van der Waals surface area (Å²) in [4.78, 5) is 0. The van der Waals surface area contributed by atoms with Gasteiger partial charge in [-0.25, -0.2) is 4.39 Å². The van der Waals surface area contributed by atoms with E-state index in [2.05, 4.69) is 0 Å². The molecule has 0 radical (unpaired) electrons. The lowest BCUT2D eigenvalue weighted by atomic mass is 10.1. The number of unbranched alkanes of at least 4 members (excludes halogenated alkanes) is 3. The van der Waals surface area contributed by atoms with Crippen LogP contribution in [-0.2, 0) is 0 Å². The topological polar surface area (TPSA) is 20.2 Å². The third kappa shape index (κ3) is 7.89. The molecular formula is C8H17FO. The summed E-state index contributed by atoms with van der Waals surface area (Å²) >= 11 is 0. The Morgan fingerprint density at radius 2 is 1.80 bits per heavy atom. The zero-order valence-corrected chi connectivity index (χ0v) is 6.65. The highest BCUT2D eigenvalue weighted by atomic mass is 19.1. The fraction of sp³-hybridized carbons (Fsp3) is 1.00. The van der Waals surface area contributed by atoms with E-state index in [-0.39, 0.29) is 6.61 Å². The third-order valence-corrected chi connectivity index (χ3v) is 1.51. The van der Waals surface area contributed by atoms with Crippen LogP contribution < -0.4 is 0 Å². The first kappa shape index (κ1) is 9.89. The summed E-state index contributed by atoms with van der Waals surface area (Å²) in [5.41, 5.74) is 0. The average molecular weight is 148 g/mol. The minimum absolute atomic E-state index is 0.269. The van der Waals surface area contributed by atoms with Crippen molar-refractivity contribution in [2.75, 3.05) is 6.61 Å². The zero-order chi connectivity index (χ0) is 7.82. The molecule has 0 aromatic heterocycles. The molecule has 0 rings (SSSR count). The van der Waals surface area contributed by atoms with Gasteiger partial charge in [0.05, 0.1) is 6.17 Å². The largest absolute Gasteiger partial charge is 0.396 e. The van der Waals surface area contributed by atoms with Gasteiger partial charge in [-0.15, -0.1) is 0 Å². The first-order valence-electron chi connectivity index (χ1n) is 4.02. The van der Waals surface area contributed by atoms with Gasteiger partial charge in [-0.1, -0.05) is 19.3 Å². The number of alkyl halides is 1. The van der Waals surface area contributed by atoms with Gasteiger partial charge < -0.3 is 5.11 Å². The van der Waals surface area contributed by atoms with Crippen molar-refractivity contribution in [1.82, 2.24) is 0 Å². The highest BCUT2D eigenvalue weighted by molar-refractivity contribution is 4.48. The fourth-order valence-corrected chi connectivity index (χ4v) is 0.891. The molecule has 0 heterocycles. The Morgan fingerprint density at radius 3 is 2.30 bits per heavy atom. The lowest BCUT2D eigenvalue weighted by molar-refractivity contribution is 0.279. The molecule has 1 atom stereocenters.